The molecule has 2 atom stereocenters. The number of rotatable bonds is 6. The SMILES string of the molecule is CC(c1ccccn1)C(O)CCCc1ccccc1. The fourth-order valence-electron chi connectivity index (χ4n) is 2.25. The third-order valence-corrected chi connectivity index (χ3v) is 3.54. The highest BCUT2D eigenvalue weighted by atomic mass is 16.3. The van der Waals surface area contributed by atoms with Gasteiger partial charge in [0.05, 0.1) is 6.10 Å². The van der Waals surface area contributed by atoms with Crippen molar-refractivity contribution in [3.63, 3.8) is 0 Å². The van der Waals surface area contributed by atoms with E-state index in [1.165, 1.54) is 5.56 Å². The van der Waals surface area contributed by atoms with Crippen molar-refractivity contribution in [3.8, 4) is 0 Å². The molecule has 1 aromatic carbocycles. The summed E-state index contributed by atoms with van der Waals surface area (Å²) in [4.78, 5) is 4.31. The van der Waals surface area contributed by atoms with Crippen LogP contribution in [0, 0.1) is 0 Å². The largest absolute Gasteiger partial charge is 0.392 e. The fraction of sp³-hybridized carbons (Fsp3) is 0.353. The Morgan fingerprint density at radius 2 is 1.79 bits per heavy atom. The minimum atomic E-state index is -0.321. The molecule has 2 rings (SSSR count). The summed E-state index contributed by atoms with van der Waals surface area (Å²) >= 11 is 0. The Kier molecular flexibility index (Phi) is 5.10. The molecule has 2 heteroatoms. The molecule has 0 aliphatic rings. The minimum Gasteiger partial charge on any atom is -0.392 e. The maximum absolute atomic E-state index is 10.2. The van der Waals surface area contributed by atoms with Crippen molar-refractivity contribution in [2.75, 3.05) is 0 Å². The lowest BCUT2D eigenvalue weighted by molar-refractivity contribution is 0.135. The van der Waals surface area contributed by atoms with Gasteiger partial charge in [0.2, 0.25) is 0 Å². The summed E-state index contributed by atoms with van der Waals surface area (Å²) in [5.41, 5.74) is 2.30. The predicted octanol–water partition coefficient (Wildman–Crippen LogP) is 3.57. The van der Waals surface area contributed by atoms with Crippen LogP contribution in [0.3, 0.4) is 0 Å². The van der Waals surface area contributed by atoms with Crippen molar-refractivity contribution >= 4 is 0 Å². The molecule has 1 aromatic heterocycles. The Morgan fingerprint density at radius 3 is 2.47 bits per heavy atom. The van der Waals surface area contributed by atoms with Gasteiger partial charge >= 0.3 is 0 Å². The molecule has 2 unspecified atom stereocenters. The molecule has 2 aromatic rings. The van der Waals surface area contributed by atoms with Gasteiger partial charge in [0, 0.05) is 17.8 Å². The Labute approximate surface area is 115 Å². The van der Waals surface area contributed by atoms with Crippen LogP contribution in [0.15, 0.2) is 54.7 Å². The van der Waals surface area contributed by atoms with Crippen LogP contribution in [-0.4, -0.2) is 16.2 Å². The molecule has 0 saturated carbocycles. The van der Waals surface area contributed by atoms with Gasteiger partial charge in [0.25, 0.3) is 0 Å². The predicted molar refractivity (Wildman–Crippen MR) is 78.0 cm³/mol. The van der Waals surface area contributed by atoms with E-state index in [4.69, 9.17) is 0 Å². The van der Waals surface area contributed by atoms with E-state index in [1.807, 2.05) is 31.2 Å². The number of aromatic nitrogens is 1. The highest BCUT2D eigenvalue weighted by Gasteiger charge is 2.16. The molecule has 0 amide bonds. The lowest BCUT2D eigenvalue weighted by Gasteiger charge is -2.18. The van der Waals surface area contributed by atoms with E-state index in [-0.39, 0.29) is 12.0 Å². The molecule has 0 spiro atoms. The number of pyridine rings is 1. The summed E-state index contributed by atoms with van der Waals surface area (Å²) in [6.45, 7) is 2.04. The zero-order valence-corrected chi connectivity index (χ0v) is 11.4. The number of aliphatic hydroxyl groups is 1. The van der Waals surface area contributed by atoms with Crippen molar-refractivity contribution < 1.29 is 5.11 Å². The van der Waals surface area contributed by atoms with Crippen LogP contribution in [-0.2, 0) is 6.42 Å². The molecule has 0 aliphatic carbocycles. The van der Waals surface area contributed by atoms with Crippen molar-refractivity contribution in [3.05, 3.63) is 66.0 Å². The number of hydrogen-bond donors (Lipinski definition) is 1. The van der Waals surface area contributed by atoms with Gasteiger partial charge in [-0.05, 0) is 37.0 Å². The molecule has 0 fully saturated rings. The average Bonchev–Trinajstić information content (AvgIpc) is 2.48. The second-order valence-electron chi connectivity index (χ2n) is 4.99. The molecular formula is C17H21NO. The van der Waals surface area contributed by atoms with Gasteiger partial charge in [-0.1, -0.05) is 43.3 Å². The molecular weight excluding hydrogens is 234 g/mol. The zero-order chi connectivity index (χ0) is 13.5. The molecule has 19 heavy (non-hydrogen) atoms. The van der Waals surface area contributed by atoms with Gasteiger partial charge in [-0.3, -0.25) is 4.98 Å². The number of hydrogen-bond acceptors (Lipinski definition) is 2. The molecule has 1 heterocycles. The lowest BCUT2D eigenvalue weighted by Crippen LogP contribution is -2.17. The standard InChI is InChI=1S/C17H21NO/c1-14(16-11-5-6-13-18-16)17(19)12-7-10-15-8-3-2-4-9-15/h2-6,8-9,11,13-14,17,19H,7,10,12H2,1H3. The molecule has 0 radical (unpaired) electrons. The van der Waals surface area contributed by atoms with Gasteiger partial charge in [-0.25, -0.2) is 0 Å². The lowest BCUT2D eigenvalue weighted by atomic mass is 9.95. The Morgan fingerprint density at radius 1 is 1.05 bits per heavy atom. The van der Waals surface area contributed by atoms with Gasteiger partial charge in [0.15, 0.2) is 0 Å². The van der Waals surface area contributed by atoms with Crippen molar-refractivity contribution in [1.29, 1.82) is 0 Å². The van der Waals surface area contributed by atoms with E-state index >= 15 is 0 Å². The van der Waals surface area contributed by atoms with E-state index in [1.54, 1.807) is 6.20 Å². The summed E-state index contributed by atoms with van der Waals surface area (Å²) in [5.74, 6) is 0.0944. The molecule has 0 saturated heterocycles. The molecule has 0 aliphatic heterocycles. The van der Waals surface area contributed by atoms with Crippen LogP contribution >= 0.6 is 0 Å². The average molecular weight is 255 g/mol. The van der Waals surface area contributed by atoms with Crippen LogP contribution in [0.1, 0.15) is 36.9 Å². The minimum absolute atomic E-state index is 0.0944. The van der Waals surface area contributed by atoms with E-state index in [0.717, 1.165) is 25.0 Å². The monoisotopic (exact) mass is 255 g/mol. The summed E-state index contributed by atoms with van der Waals surface area (Å²) in [7, 11) is 0. The van der Waals surface area contributed by atoms with Crippen LogP contribution in [0.5, 0.6) is 0 Å². The second-order valence-corrected chi connectivity index (χ2v) is 4.99. The number of aliphatic hydroxyl groups excluding tert-OH is 1. The Hall–Kier alpha value is -1.67. The van der Waals surface area contributed by atoms with Gasteiger partial charge in [0.1, 0.15) is 0 Å². The van der Waals surface area contributed by atoms with Crippen molar-refractivity contribution in [2.24, 2.45) is 0 Å². The topological polar surface area (TPSA) is 33.1 Å². The van der Waals surface area contributed by atoms with Crippen molar-refractivity contribution in [1.82, 2.24) is 4.98 Å². The van der Waals surface area contributed by atoms with E-state index in [0.29, 0.717) is 0 Å². The van der Waals surface area contributed by atoms with E-state index < -0.39 is 0 Å². The maximum Gasteiger partial charge on any atom is 0.0621 e. The maximum atomic E-state index is 10.2. The first-order chi connectivity index (χ1) is 9.27. The van der Waals surface area contributed by atoms with E-state index in [2.05, 4.69) is 29.2 Å². The normalized spacial score (nSPS) is 14.0. The van der Waals surface area contributed by atoms with Crippen LogP contribution in [0.2, 0.25) is 0 Å². The van der Waals surface area contributed by atoms with Gasteiger partial charge in [-0.15, -0.1) is 0 Å². The molecule has 100 valence electrons. The first-order valence-corrected chi connectivity index (χ1v) is 6.90. The number of nitrogens with zero attached hydrogens (tertiary/aromatic N) is 1. The highest BCUT2D eigenvalue weighted by Crippen LogP contribution is 2.20. The highest BCUT2D eigenvalue weighted by molar-refractivity contribution is 5.14. The van der Waals surface area contributed by atoms with Crippen LogP contribution in [0.4, 0.5) is 0 Å². The van der Waals surface area contributed by atoms with Crippen molar-refractivity contribution in [2.45, 2.75) is 38.2 Å². The fourth-order valence-corrected chi connectivity index (χ4v) is 2.25. The zero-order valence-electron chi connectivity index (χ0n) is 11.4. The van der Waals surface area contributed by atoms with Gasteiger partial charge < -0.3 is 5.11 Å². The molecule has 1 N–H and O–H groups in total. The third kappa shape index (κ3) is 4.18. The summed E-state index contributed by atoms with van der Waals surface area (Å²) in [6, 6.07) is 16.3. The quantitative estimate of drug-likeness (QED) is 0.856. The molecule has 0 bridgehead atoms. The second kappa shape index (κ2) is 7.05. The van der Waals surface area contributed by atoms with Gasteiger partial charge in [-0.2, -0.15) is 0 Å². The first kappa shape index (κ1) is 13.8. The van der Waals surface area contributed by atoms with Crippen LogP contribution < -0.4 is 0 Å². The Bertz CT molecular complexity index is 469. The summed E-state index contributed by atoms with van der Waals surface area (Å²) in [6.07, 6.45) is 4.29. The first-order valence-electron chi connectivity index (χ1n) is 6.90. The van der Waals surface area contributed by atoms with E-state index in [9.17, 15) is 5.11 Å². The number of benzene rings is 1. The Balaban J connectivity index is 1.80. The summed E-state index contributed by atoms with van der Waals surface area (Å²) in [5, 5.41) is 10.2. The summed E-state index contributed by atoms with van der Waals surface area (Å²) < 4.78 is 0. The number of aryl methyl sites for hydroxylation is 1. The van der Waals surface area contributed by atoms with Crippen LogP contribution in [0.25, 0.3) is 0 Å². The smallest absolute Gasteiger partial charge is 0.0621 e. The third-order valence-electron chi connectivity index (χ3n) is 3.54. The molecule has 2 nitrogen and oxygen atoms in total.